The van der Waals surface area contributed by atoms with Crippen LogP contribution in [0, 0.1) is 12.9 Å². The van der Waals surface area contributed by atoms with Gasteiger partial charge in [0.1, 0.15) is 5.82 Å². The number of anilines is 1. The Labute approximate surface area is 118 Å². The van der Waals surface area contributed by atoms with Gasteiger partial charge in [0.25, 0.3) is 0 Å². The van der Waals surface area contributed by atoms with Crippen molar-refractivity contribution < 1.29 is 4.39 Å². The maximum absolute atomic E-state index is 14.0. The van der Waals surface area contributed by atoms with Gasteiger partial charge in [-0.05, 0) is 27.2 Å². The summed E-state index contributed by atoms with van der Waals surface area (Å²) in [5.41, 5.74) is 1.32. The molecule has 20 heavy (non-hydrogen) atoms. The summed E-state index contributed by atoms with van der Waals surface area (Å²) in [5.74, 6) is 0.493. The third-order valence-electron chi connectivity index (χ3n) is 3.58. The number of hydrogen-bond donors (Lipinski definition) is 1. The highest BCUT2D eigenvalue weighted by atomic mass is 19.1. The zero-order valence-electron chi connectivity index (χ0n) is 12.5. The van der Waals surface area contributed by atoms with Crippen LogP contribution in [0.4, 0.5) is 10.2 Å². The Balaban J connectivity index is 2.05. The third kappa shape index (κ3) is 2.84. The summed E-state index contributed by atoms with van der Waals surface area (Å²) in [6.07, 6.45) is 2.97. The monoisotopic (exact) mass is 279 g/mol. The van der Waals surface area contributed by atoms with E-state index in [2.05, 4.69) is 29.4 Å². The average molecular weight is 279 g/mol. The lowest BCUT2D eigenvalue weighted by atomic mass is 10.2. The minimum atomic E-state index is -0.265. The Morgan fingerprint density at radius 1 is 1.35 bits per heavy atom. The molecule has 2 aromatic rings. The number of rotatable bonds is 6. The first-order valence-electron chi connectivity index (χ1n) is 7.07. The molecule has 110 valence electrons. The number of hydrogen-bond acceptors (Lipinski definition) is 3. The number of nitrogens with one attached hydrogen (secondary N) is 1. The van der Waals surface area contributed by atoms with Crippen molar-refractivity contribution in [2.75, 3.05) is 5.32 Å². The van der Waals surface area contributed by atoms with Crippen molar-refractivity contribution in [2.45, 2.75) is 53.2 Å². The van der Waals surface area contributed by atoms with Gasteiger partial charge in [-0.1, -0.05) is 6.92 Å². The standard InChI is InChI=1S/C14H22FN5/c1-5-10(3)20-8-7-13(18-20)16-9-12-11(4)17-19(6-2)14(12)15/h7-8,10H,5-6,9H2,1-4H3,(H,16,18)/t10-/m1/s1. The minimum absolute atomic E-state index is 0.265. The summed E-state index contributed by atoms with van der Waals surface area (Å²) in [5, 5.41) is 11.8. The van der Waals surface area contributed by atoms with E-state index in [0.29, 0.717) is 24.7 Å². The molecule has 0 amide bonds. The predicted molar refractivity (Wildman–Crippen MR) is 77.2 cm³/mol. The molecule has 0 saturated carbocycles. The van der Waals surface area contributed by atoms with Crippen LogP contribution in [-0.2, 0) is 13.1 Å². The highest BCUT2D eigenvalue weighted by Gasteiger charge is 2.14. The van der Waals surface area contributed by atoms with Crippen molar-refractivity contribution in [3.8, 4) is 0 Å². The van der Waals surface area contributed by atoms with Crippen LogP contribution in [0.15, 0.2) is 12.3 Å². The molecule has 1 N–H and O–H groups in total. The van der Waals surface area contributed by atoms with Gasteiger partial charge < -0.3 is 5.32 Å². The Kier molecular flexibility index (Phi) is 4.42. The van der Waals surface area contributed by atoms with Crippen molar-refractivity contribution in [2.24, 2.45) is 0 Å². The Morgan fingerprint density at radius 2 is 2.10 bits per heavy atom. The lowest BCUT2D eigenvalue weighted by Crippen LogP contribution is -2.07. The van der Waals surface area contributed by atoms with Crippen molar-refractivity contribution in [1.29, 1.82) is 0 Å². The second-order valence-corrected chi connectivity index (χ2v) is 4.96. The molecule has 0 radical (unpaired) electrons. The smallest absolute Gasteiger partial charge is 0.216 e. The molecule has 0 aliphatic heterocycles. The summed E-state index contributed by atoms with van der Waals surface area (Å²) < 4.78 is 17.3. The predicted octanol–water partition coefficient (Wildman–Crippen LogP) is 3.13. The van der Waals surface area contributed by atoms with E-state index in [4.69, 9.17) is 0 Å². The molecule has 2 rings (SSSR count). The van der Waals surface area contributed by atoms with Crippen molar-refractivity contribution in [3.63, 3.8) is 0 Å². The molecule has 2 heterocycles. The van der Waals surface area contributed by atoms with Crippen LogP contribution in [0.1, 0.15) is 44.5 Å². The van der Waals surface area contributed by atoms with Crippen molar-refractivity contribution in [1.82, 2.24) is 19.6 Å². The van der Waals surface area contributed by atoms with E-state index in [-0.39, 0.29) is 5.95 Å². The normalized spacial score (nSPS) is 12.7. The zero-order valence-corrected chi connectivity index (χ0v) is 12.5. The molecule has 0 fully saturated rings. The molecule has 0 saturated heterocycles. The molecular weight excluding hydrogens is 257 g/mol. The second-order valence-electron chi connectivity index (χ2n) is 4.96. The Hall–Kier alpha value is -1.85. The molecule has 0 aliphatic carbocycles. The van der Waals surface area contributed by atoms with Crippen LogP contribution < -0.4 is 5.32 Å². The van der Waals surface area contributed by atoms with Gasteiger partial charge in [0.2, 0.25) is 5.95 Å². The summed E-state index contributed by atoms with van der Waals surface area (Å²) >= 11 is 0. The van der Waals surface area contributed by atoms with Gasteiger partial charge in [-0.25, -0.2) is 4.68 Å². The first-order chi connectivity index (χ1) is 9.56. The van der Waals surface area contributed by atoms with E-state index in [0.717, 1.165) is 17.9 Å². The van der Waals surface area contributed by atoms with Gasteiger partial charge in [-0.2, -0.15) is 14.6 Å². The van der Waals surface area contributed by atoms with Gasteiger partial charge in [0.15, 0.2) is 0 Å². The summed E-state index contributed by atoms with van der Waals surface area (Å²) in [6.45, 7) is 8.87. The first kappa shape index (κ1) is 14.6. The van der Waals surface area contributed by atoms with Gasteiger partial charge in [-0.15, -0.1) is 0 Å². The topological polar surface area (TPSA) is 47.7 Å². The van der Waals surface area contributed by atoms with E-state index in [1.807, 2.05) is 30.8 Å². The fraction of sp³-hybridized carbons (Fsp3) is 0.571. The summed E-state index contributed by atoms with van der Waals surface area (Å²) in [4.78, 5) is 0. The lowest BCUT2D eigenvalue weighted by molar-refractivity contribution is 0.464. The van der Waals surface area contributed by atoms with Crippen LogP contribution in [0.3, 0.4) is 0 Å². The van der Waals surface area contributed by atoms with E-state index < -0.39 is 0 Å². The molecule has 0 aromatic carbocycles. The number of aryl methyl sites for hydroxylation is 2. The molecule has 1 atom stereocenters. The highest BCUT2D eigenvalue weighted by Crippen LogP contribution is 2.16. The largest absolute Gasteiger partial charge is 0.364 e. The second kappa shape index (κ2) is 6.07. The van der Waals surface area contributed by atoms with Crippen molar-refractivity contribution >= 4 is 5.82 Å². The highest BCUT2D eigenvalue weighted by molar-refractivity contribution is 5.34. The molecule has 0 unspecified atom stereocenters. The summed E-state index contributed by atoms with van der Waals surface area (Å²) in [7, 11) is 0. The van der Waals surface area contributed by atoms with E-state index >= 15 is 0 Å². The zero-order chi connectivity index (χ0) is 14.7. The molecular formula is C14H22FN5. The van der Waals surface area contributed by atoms with E-state index in [1.165, 1.54) is 4.68 Å². The molecule has 0 aliphatic rings. The van der Waals surface area contributed by atoms with Gasteiger partial charge in [0, 0.05) is 37.0 Å². The SMILES string of the molecule is CC[C@@H](C)n1ccc(NCc2c(C)nn(CC)c2F)n1. The molecule has 0 spiro atoms. The van der Waals surface area contributed by atoms with Gasteiger partial charge in [-0.3, -0.25) is 4.68 Å². The number of aromatic nitrogens is 4. The minimum Gasteiger partial charge on any atom is -0.364 e. The molecule has 6 heteroatoms. The quantitative estimate of drug-likeness (QED) is 0.883. The molecule has 2 aromatic heterocycles. The molecule has 0 bridgehead atoms. The number of halogens is 1. The first-order valence-corrected chi connectivity index (χ1v) is 7.07. The average Bonchev–Trinajstić information content (AvgIpc) is 3.01. The third-order valence-corrected chi connectivity index (χ3v) is 3.58. The van der Waals surface area contributed by atoms with E-state index in [1.54, 1.807) is 0 Å². The van der Waals surface area contributed by atoms with Gasteiger partial charge >= 0.3 is 0 Å². The summed E-state index contributed by atoms with van der Waals surface area (Å²) in [6, 6.07) is 2.27. The maximum Gasteiger partial charge on any atom is 0.216 e. The van der Waals surface area contributed by atoms with Crippen molar-refractivity contribution in [3.05, 3.63) is 29.5 Å². The fourth-order valence-corrected chi connectivity index (χ4v) is 2.04. The van der Waals surface area contributed by atoms with Crippen LogP contribution >= 0.6 is 0 Å². The Morgan fingerprint density at radius 3 is 2.70 bits per heavy atom. The van der Waals surface area contributed by atoms with Crippen LogP contribution in [0.25, 0.3) is 0 Å². The van der Waals surface area contributed by atoms with Crippen LogP contribution in [0.2, 0.25) is 0 Å². The van der Waals surface area contributed by atoms with Crippen LogP contribution in [-0.4, -0.2) is 19.6 Å². The van der Waals surface area contributed by atoms with Crippen LogP contribution in [0.5, 0.6) is 0 Å². The lowest BCUT2D eigenvalue weighted by Gasteiger charge is -2.08. The van der Waals surface area contributed by atoms with E-state index in [9.17, 15) is 4.39 Å². The fourth-order valence-electron chi connectivity index (χ4n) is 2.04. The van der Waals surface area contributed by atoms with Gasteiger partial charge in [0.05, 0.1) is 5.69 Å². The maximum atomic E-state index is 14.0. The Bertz CT molecular complexity index is 572. The number of nitrogens with zero attached hydrogens (tertiary/aromatic N) is 4. The molecule has 5 nitrogen and oxygen atoms in total.